The molecule has 5 heteroatoms. The molecular formula is C11H19N3O2. The smallest absolute Gasteiger partial charge is 0.157 e. The van der Waals surface area contributed by atoms with Gasteiger partial charge in [-0.25, -0.2) is 0 Å². The molecule has 1 aromatic heterocycles. The average Bonchev–Trinajstić information content (AvgIpc) is 2.89. The van der Waals surface area contributed by atoms with E-state index >= 15 is 0 Å². The summed E-state index contributed by atoms with van der Waals surface area (Å²) in [6.07, 6.45) is 4.77. The predicted octanol–water partition coefficient (Wildman–Crippen LogP) is 0.425. The van der Waals surface area contributed by atoms with Crippen molar-refractivity contribution in [1.82, 2.24) is 15.1 Å². The summed E-state index contributed by atoms with van der Waals surface area (Å²) in [7, 11) is 1.88. The monoisotopic (exact) mass is 225 g/mol. The fourth-order valence-electron chi connectivity index (χ4n) is 1.76. The molecule has 16 heavy (non-hydrogen) atoms. The minimum atomic E-state index is 0.679. The van der Waals surface area contributed by atoms with Gasteiger partial charge in [-0.1, -0.05) is 0 Å². The third-order valence-corrected chi connectivity index (χ3v) is 2.69. The van der Waals surface area contributed by atoms with Crippen molar-refractivity contribution >= 4 is 0 Å². The van der Waals surface area contributed by atoms with Crippen molar-refractivity contribution < 1.29 is 9.47 Å². The molecule has 0 aliphatic carbocycles. The number of hydrogen-bond acceptors (Lipinski definition) is 4. The van der Waals surface area contributed by atoms with Crippen LogP contribution in [0.2, 0.25) is 0 Å². The van der Waals surface area contributed by atoms with E-state index in [-0.39, 0.29) is 0 Å². The lowest BCUT2D eigenvalue weighted by atomic mass is 10.1. The standard InChI is InChI=1S/C11H19N3O2/c1-14-8-11(7-13-14)16-5-3-12-6-10-2-4-15-9-10/h7-8,10,12H,2-6,9H2,1H3. The zero-order chi connectivity index (χ0) is 11.2. The van der Waals surface area contributed by atoms with E-state index in [0.717, 1.165) is 32.1 Å². The molecule has 1 atom stereocenters. The zero-order valence-electron chi connectivity index (χ0n) is 9.69. The van der Waals surface area contributed by atoms with Gasteiger partial charge in [0.05, 0.1) is 19.0 Å². The van der Waals surface area contributed by atoms with Gasteiger partial charge in [0.15, 0.2) is 5.75 Å². The summed E-state index contributed by atoms with van der Waals surface area (Å²) in [5, 5.41) is 7.41. The van der Waals surface area contributed by atoms with Gasteiger partial charge in [0.1, 0.15) is 6.61 Å². The van der Waals surface area contributed by atoms with Crippen molar-refractivity contribution in [2.75, 3.05) is 32.9 Å². The first-order valence-corrected chi connectivity index (χ1v) is 5.74. The average molecular weight is 225 g/mol. The Labute approximate surface area is 95.7 Å². The molecule has 1 aromatic rings. The molecular weight excluding hydrogens is 206 g/mol. The summed E-state index contributed by atoms with van der Waals surface area (Å²) in [5.74, 6) is 1.51. The van der Waals surface area contributed by atoms with Crippen LogP contribution in [0.5, 0.6) is 5.75 Å². The number of nitrogens with one attached hydrogen (secondary N) is 1. The van der Waals surface area contributed by atoms with E-state index in [1.807, 2.05) is 13.2 Å². The lowest BCUT2D eigenvalue weighted by Gasteiger charge is -2.09. The van der Waals surface area contributed by atoms with Crippen LogP contribution in [-0.2, 0) is 11.8 Å². The van der Waals surface area contributed by atoms with E-state index < -0.39 is 0 Å². The van der Waals surface area contributed by atoms with E-state index in [2.05, 4.69) is 10.4 Å². The fraction of sp³-hybridized carbons (Fsp3) is 0.727. The Morgan fingerprint density at radius 1 is 1.69 bits per heavy atom. The van der Waals surface area contributed by atoms with Gasteiger partial charge in [0, 0.05) is 26.7 Å². The largest absolute Gasteiger partial charge is 0.489 e. The fourth-order valence-corrected chi connectivity index (χ4v) is 1.76. The Bertz CT molecular complexity index is 308. The van der Waals surface area contributed by atoms with Gasteiger partial charge < -0.3 is 14.8 Å². The van der Waals surface area contributed by atoms with Gasteiger partial charge in [0.2, 0.25) is 0 Å². The highest BCUT2D eigenvalue weighted by Gasteiger charge is 2.14. The minimum absolute atomic E-state index is 0.679. The number of aromatic nitrogens is 2. The maximum atomic E-state index is 5.51. The van der Waals surface area contributed by atoms with E-state index in [1.165, 1.54) is 6.42 Å². The topological polar surface area (TPSA) is 48.3 Å². The molecule has 0 spiro atoms. The van der Waals surface area contributed by atoms with E-state index in [4.69, 9.17) is 9.47 Å². The Hall–Kier alpha value is -1.07. The molecule has 5 nitrogen and oxygen atoms in total. The molecule has 1 N–H and O–H groups in total. The van der Waals surface area contributed by atoms with Gasteiger partial charge >= 0.3 is 0 Å². The highest BCUT2D eigenvalue weighted by atomic mass is 16.5. The number of ether oxygens (including phenoxy) is 2. The predicted molar refractivity (Wildman–Crippen MR) is 60.5 cm³/mol. The molecule has 1 aliphatic heterocycles. The number of rotatable bonds is 6. The first-order valence-electron chi connectivity index (χ1n) is 5.74. The molecule has 0 amide bonds. The molecule has 1 unspecified atom stereocenters. The highest BCUT2D eigenvalue weighted by molar-refractivity contribution is 5.11. The third kappa shape index (κ3) is 3.50. The van der Waals surface area contributed by atoms with E-state index in [9.17, 15) is 0 Å². The summed E-state index contributed by atoms with van der Waals surface area (Å²) in [4.78, 5) is 0. The summed E-state index contributed by atoms with van der Waals surface area (Å²) < 4.78 is 12.6. The maximum Gasteiger partial charge on any atom is 0.157 e. The van der Waals surface area contributed by atoms with Crippen LogP contribution in [0.15, 0.2) is 12.4 Å². The summed E-state index contributed by atoms with van der Waals surface area (Å²) in [5.41, 5.74) is 0. The molecule has 2 heterocycles. The van der Waals surface area contributed by atoms with Crippen molar-refractivity contribution in [2.24, 2.45) is 13.0 Å². The molecule has 2 rings (SSSR count). The number of aryl methyl sites for hydroxylation is 1. The number of hydrogen-bond donors (Lipinski definition) is 1. The molecule has 0 saturated carbocycles. The Morgan fingerprint density at radius 2 is 2.62 bits per heavy atom. The number of nitrogens with zero attached hydrogens (tertiary/aromatic N) is 2. The van der Waals surface area contributed by atoms with Crippen molar-refractivity contribution in [2.45, 2.75) is 6.42 Å². The Morgan fingerprint density at radius 3 is 3.31 bits per heavy atom. The van der Waals surface area contributed by atoms with Crippen LogP contribution >= 0.6 is 0 Å². The van der Waals surface area contributed by atoms with Gasteiger partial charge in [0.25, 0.3) is 0 Å². The Balaban J connectivity index is 1.51. The SMILES string of the molecule is Cn1cc(OCCNCC2CCOC2)cn1. The molecule has 90 valence electrons. The highest BCUT2D eigenvalue weighted by Crippen LogP contribution is 2.10. The van der Waals surface area contributed by atoms with Crippen LogP contribution in [0.4, 0.5) is 0 Å². The first-order chi connectivity index (χ1) is 7.84. The van der Waals surface area contributed by atoms with Crippen molar-refractivity contribution in [3.8, 4) is 5.75 Å². The lowest BCUT2D eigenvalue weighted by Crippen LogP contribution is -2.27. The van der Waals surface area contributed by atoms with Crippen molar-refractivity contribution in [1.29, 1.82) is 0 Å². The van der Waals surface area contributed by atoms with Gasteiger partial charge in [-0.2, -0.15) is 5.10 Å². The van der Waals surface area contributed by atoms with Crippen LogP contribution in [0, 0.1) is 5.92 Å². The van der Waals surface area contributed by atoms with Crippen LogP contribution < -0.4 is 10.1 Å². The summed E-state index contributed by atoms with van der Waals surface area (Å²) in [6, 6.07) is 0. The quantitative estimate of drug-likeness (QED) is 0.713. The van der Waals surface area contributed by atoms with E-state index in [0.29, 0.717) is 12.5 Å². The molecule has 1 fully saturated rings. The molecule has 0 radical (unpaired) electrons. The van der Waals surface area contributed by atoms with Crippen molar-refractivity contribution in [3.63, 3.8) is 0 Å². The van der Waals surface area contributed by atoms with Crippen LogP contribution in [0.3, 0.4) is 0 Å². The second-order valence-corrected chi connectivity index (χ2v) is 4.13. The molecule has 0 bridgehead atoms. The maximum absolute atomic E-state index is 5.51. The zero-order valence-corrected chi connectivity index (χ0v) is 9.69. The Kier molecular flexibility index (Phi) is 4.18. The first kappa shape index (κ1) is 11.4. The molecule has 1 aliphatic rings. The van der Waals surface area contributed by atoms with Crippen LogP contribution in [0.25, 0.3) is 0 Å². The van der Waals surface area contributed by atoms with Gasteiger partial charge in [-0.15, -0.1) is 0 Å². The lowest BCUT2D eigenvalue weighted by molar-refractivity contribution is 0.185. The van der Waals surface area contributed by atoms with Crippen LogP contribution in [-0.4, -0.2) is 42.7 Å². The minimum Gasteiger partial charge on any atom is -0.489 e. The molecule has 1 saturated heterocycles. The van der Waals surface area contributed by atoms with Crippen molar-refractivity contribution in [3.05, 3.63) is 12.4 Å². The van der Waals surface area contributed by atoms with E-state index in [1.54, 1.807) is 10.9 Å². The second-order valence-electron chi connectivity index (χ2n) is 4.13. The third-order valence-electron chi connectivity index (χ3n) is 2.69. The second kappa shape index (κ2) is 5.86. The summed E-state index contributed by atoms with van der Waals surface area (Å²) in [6.45, 7) is 4.38. The normalized spacial score (nSPS) is 20.2. The van der Waals surface area contributed by atoms with Gasteiger partial charge in [-0.05, 0) is 12.3 Å². The van der Waals surface area contributed by atoms with Gasteiger partial charge in [-0.3, -0.25) is 4.68 Å². The summed E-state index contributed by atoms with van der Waals surface area (Å²) >= 11 is 0. The van der Waals surface area contributed by atoms with Crippen LogP contribution in [0.1, 0.15) is 6.42 Å². The molecule has 0 aromatic carbocycles.